The second kappa shape index (κ2) is 7.96. The van der Waals surface area contributed by atoms with E-state index in [2.05, 4.69) is 32.7 Å². The number of nitrogens with zero attached hydrogens (tertiary/aromatic N) is 1. The van der Waals surface area contributed by atoms with Gasteiger partial charge in [0.05, 0.1) is 19.4 Å². The Morgan fingerprint density at radius 1 is 0.944 bits per heavy atom. The fourth-order valence-electron chi connectivity index (χ4n) is 1.35. The Balaban J connectivity index is 2.28. The Labute approximate surface area is 111 Å². The Morgan fingerprint density at radius 3 is 2.06 bits per heavy atom. The molecule has 3 heteroatoms. The lowest BCUT2D eigenvalue weighted by Gasteiger charge is -2.09. The lowest BCUT2D eigenvalue weighted by molar-refractivity contribution is 0.272. The Bertz CT molecular complexity index is 287. The molecule has 0 aliphatic heterocycles. The van der Waals surface area contributed by atoms with E-state index in [-0.39, 0.29) is 0 Å². The first kappa shape index (κ1) is 14.8. The molecule has 0 fully saturated rings. The van der Waals surface area contributed by atoms with Gasteiger partial charge in [0.25, 0.3) is 0 Å². The zero-order valence-corrected chi connectivity index (χ0v) is 12.0. The second-order valence-corrected chi connectivity index (χ2v) is 5.39. The smallest absolute Gasteiger partial charge is 0.213 e. The fraction of sp³-hybridized carbons (Fsp3) is 0.667. The number of hydrogen-bond donors (Lipinski definition) is 0. The van der Waals surface area contributed by atoms with E-state index in [0.717, 1.165) is 31.8 Å². The van der Waals surface area contributed by atoms with Crippen LogP contribution in [0.1, 0.15) is 40.5 Å². The van der Waals surface area contributed by atoms with Crippen molar-refractivity contribution in [3.8, 4) is 11.6 Å². The van der Waals surface area contributed by atoms with Gasteiger partial charge in [0.2, 0.25) is 5.88 Å². The molecule has 0 saturated carbocycles. The van der Waals surface area contributed by atoms with Gasteiger partial charge in [0.1, 0.15) is 5.75 Å². The van der Waals surface area contributed by atoms with Gasteiger partial charge in [-0.15, -0.1) is 0 Å². The van der Waals surface area contributed by atoms with Crippen molar-refractivity contribution in [2.75, 3.05) is 13.2 Å². The highest BCUT2D eigenvalue weighted by Gasteiger charge is 2.00. The minimum atomic E-state index is 0.656. The normalized spacial score (nSPS) is 11.0. The van der Waals surface area contributed by atoms with Gasteiger partial charge < -0.3 is 9.47 Å². The van der Waals surface area contributed by atoms with Crippen LogP contribution in [0.5, 0.6) is 11.6 Å². The average molecular weight is 251 g/mol. The largest absolute Gasteiger partial charge is 0.492 e. The first-order valence-corrected chi connectivity index (χ1v) is 6.79. The van der Waals surface area contributed by atoms with Crippen molar-refractivity contribution in [3.63, 3.8) is 0 Å². The molecule has 0 unspecified atom stereocenters. The number of ether oxygens (including phenoxy) is 2. The highest BCUT2D eigenvalue weighted by Crippen LogP contribution is 2.15. The van der Waals surface area contributed by atoms with E-state index < -0.39 is 0 Å². The first-order valence-electron chi connectivity index (χ1n) is 6.79. The SMILES string of the molecule is CC(C)CCOc1ccc(OCCC(C)C)nc1. The van der Waals surface area contributed by atoms with Gasteiger partial charge in [-0.05, 0) is 30.7 Å². The van der Waals surface area contributed by atoms with Crippen molar-refractivity contribution in [3.05, 3.63) is 18.3 Å². The van der Waals surface area contributed by atoms with Crippen molar-refractivity contribution < 1.29 is 9.47 Å². The third-order valence-corrected chi connectivity index (χ3v) is 2.62. The van der Waals surface area contributed by atoms with E-state index in [4.69, 9.17) is 9.47 Å². The molecule has 1 aromatic rings. The van der Waals surface area contributed by atoms with Crippen LogP contribution in [0.15, 0.2) is 18.3 Å². The van der Waals surface area contributed by atoms with Crippen LogP contribution >= 0.6 is 0 Å². The van der Waals surface area contributed by atoms with E-state index in [1.54, 1.807) is 6.20 Å². The molecular weight excluding hydrogens is 226 g/mol. The maximum atomic E-state index is 5.60. The molecule has 0 N–H and O–H groups in total. The molecule has 0 saturated heterocycles. The Kier molecular flexibility index (Phi) is 6.55. The van der Waals surface area contributed by atoms with E-state index in [0.29, 0.717) is 17.7 Å². The third kappa shape index (κ3) is 6.48. The molecule has 0 spiro atoms. The molecule has 1 aromatic heterocycles. The first-order chi connectivity index (χ1) is 8.58. The molecule has 0 radical (unpaired) electrons. The molecule has 18 heavy (non-hydrogen) atoms. The van der Waals surface area contributed by atoms with Gasteiger partial charge >= 0.3 is 0 Å². The summed E-state index contributed by atoms with van der Waals surface area (Å²) in [5.41, 5.74) is 0. The molecule has 0 amide bonds. The van der Waals surface area contributed by atoms with Gasteiger partial charge in [-0.25, -0.2) is 4.98 Å². The number of aromatic nitrogens is 1. The summed E-state index contributed by atoms with van der Waals surface area (Å²) in [5, 5.41) is 0. The zero-order valence-electron chi connectivity index (χ0n) is 12.0. The second-order valence-electron chi connectivity index (χ2n) is 5.39. The molecule has 0 bridgehead atoms. The van der Waals surface area contributed by atoms with Gasteiger partial charge in [0.15, 0.2) is 0 Å². The quantitative estimate of drug-likeness (QED) is 0.701. The predicted octanol–water partition coefficient (Wildman–Crippen LogP) is 3.93. The highest BCUT2D eigenvalue weighted by atomic mass is 16.5. The van der Waals surface area contributed by atoms with Crippen LogP contribution in [-0.2, 0) is 0 Å². The number of rotatable bonds is 8. The van der Waals surface area contributed by atoms with Crippen LogP contribution in [0.3, 0.4) is 0 Å². The molecular formula is C15H25NO2. The molecule has 102 valence electrons. The van der Waals surface area contributed by atoms with Crippen molar-refractivity contribution in [1.82, 2.24) is 4.98 Å². The molecule has 1 heterocycles. The summed E-state index contributed by atoms with van der Waals surface area (Å²) in [6.45, 7) is 10.2. The molecule has 0 atom stereocenters. The highest BCUT2D eigenvalue weighted by molar-refractivity contribution is 5.22. The lowest BCUT2D eigenvalue weighted by atomic mass is 10.1. The van der Waals surface area contributed by atoms with Gasteiger partial charge in [-0.3, -0.25) is 0 Å². The zero-order chi connectivity index (χ0) is 13.4. The van der Waals surface area contributed by atoms with Gasteiger partial charge in [0, 0.05) is 6.07 Å². The van der Waals surface area contributed by atoms with Gasteiger partial charge in [-0.1, -0.05) is 27.7 Å². The van der Waals surface area contributed by atoms with Crippen LogP contribution in [-0.4, -0.2) is 18.2 Å². The maximum absolute atomic E-state index is 5.60. The standard InChI is InChI=1S/C15H25NO2/c1-12(2)7-9-17-14-5-6-15(16-11-14)18-10-8-13(3)4/h5-6,11-13H,7-10H2,1-4H3. The number of hydrogen-bond acceptors (Lipinski definition) is 3. The van der Waals surface area contributed by atoms with Crippen molar-refractivity contribution >= 4 is 0 Å². The Hall–Kier alpha value is -1.25. The topological polar surface area (TPSA) is 31.4 Å². The number of pyridine rings is 1. The molecule has 0 aliphatic carbocycles. The summed E-state index contributed by atoms with van der Waals surface area (Å²) in [5.74, 6) is 2.80. The summed E-state index contributed by atoms with van der Waals surface area (Å²) in [4.78, 5) is 4.23. The predicted molar refractivity (Wildman–Crippen MR) is 74.1 cm³/mol. The summed E-state index contributed by atoms with van der Waals surface area (Å²) < 4.78 is 11.1. The molecule has 1 rings (SSSR count). The molecule has 0 aliphatic rings. The van der Waals surface area contributed by atoms with Gasteiger partial charge in [-0.2, -0.15) is 0 Å². The van der Waals surface area contributed by atoms with Crippen molar-refractivity contribution in [2.45, 2.75) is 40.5 Å². The van der Waals surface area contributed by atoms with E-state index in [1.165, 1.54) is 0 Å². The minimum absolute atomic E-state index is 0.656. The maximum Gasteiger partial charge on any atom is 0.213 e. The van der Waals surface area contributed by atoms with Crippen LogP contribution in [0.4, 0.5) is 0 Å². The molecule has 0 aromatic carbocycles. The van der Waals surface area contributed by atoms with Crippen LogP contribution < -0.4 is 9.47 Å². The summed E-state index contributed by atoms with van der Waals surface area (Å²) in [7, 11) is 0. The van der Waals surface area contributed by atoms with Crippen molar-refractivity contribution in [1.29, 1.82) is 0 Å². The van der Waals surface area contributed by atoms with E-state index in [9.17, 15) is 0 Å². The average Bonchev–Trinajstić information content (AvgIpc) is 2.30. The van der Waals surface area contributed by atoms with E-state index in [1.807, 2.05) is 12.1 Å². The summed E-state index contributed by atoms with van der Waals surface area (Å²) in [6, 6.07) is 3.78. The summed E-state index contributed by atoms with van der Waals surface area (Å²) >= 11 is 0. The fourth-order valence-corrected chi connectivity index (χ4v) is 1.35. The summed E-state index contributed by atoms with van der Waals surface area (Å²) in [6.07, 6.45) is 3.84. The van der Waals surface area contributed by atoms with Crippen LogP contribution in [0.25, 0.3) is 0 Å². The van der Waals surface area contributed by atoms with E-state index >= 15 is 0 Å². The van der Waals surface area contributed by atoms with Crippen molar-refractivity contribution in [2.24, 2.45) is 11.8 Å². The Morgan fingerprint density at radius 2 is 1.56 bits per heavy atom. The lowest BCUT2D eigenvalue weighted by Crippen LogP contribution is -2.04. The molecule has 3 nitrogen and oxygen atoms in total. The third-order valence-electron chi connectivity index (χ3n) is 2.62. The monoisotopic (exact) mass is 251 g/mol. The van der Waals surface area contributed by atoms with Crippen LogP contribution in [0.2, 0.25) is 0 Å². The van der Waals surface area contributed by atoms with Crippen LogP contribution in [0, 0.1) is 11.8 Å². The minimum Gasteiger partial charge on any atom is -0.492 e.